The molecule has 3 rings (SSSR count). The van der Waals surface area contributed by atoms with Crippen molar-refractivity contribution in [1.82, 2.24) is 0 Å². The molecule has 1 heterocycles. The van der Waals surface area contributed by atoms with E-state index >= 15 is 0 Å². The smallest absolute Gasteiger partial charge is 0.161 e. The third-order valence-electron chi connectivity index (χ3n) is 4.58. The zero-order valence-corrected chi connectivity index (χ0v) is 15.5. The van der Waals surface area contributed by atoms with E-state index in [1.54, 1.807) is 28.4 Å². The predicted octanol–water partition coefficient (Wildman–Crippen LogP) is 3.01. The lowest BCUT2D eigenvalue weighted by Gasteiger charge is -2.38. The molecule has 0 radical (unpaired) electrons. The summed E-state index contributed by atoms with van der Waals surface area (Å²) < 4.78 is 33.7. The minimum Gasteiger partial charge on any atom is -0.493 e. The Balaban J connectivity index is 2.13. The summed E-state index contributed by atoms with van der Waals surface area (Å²) in [6.07, 6.45) is 0. The summed E-state index contributed by atoms with van der Waals surface area (Å²) >= 11 is 0. The lowest BCUT2D eigenvalue weighted by Crippen LogP contribution is -2.41. The number of rotatable bonds is 6. The fourth-order valence-corrected chi connectivity index (χ4v) is 3.21. The van der Waals surface area contributed by atoms with Gasteiger partial charge in [0.1, 0.15) is 5.60 Å². The standard InChI is InChI=1S/C20H24O6/c1-21-16-7-5-14(11-18(16)23-3)20(13-25-9-10-26-20)15-6-8-17(22-2)19(12-15)24-4/h5-8,11-12H,9-10,13H2,1-4H3. The topological polar surface area (TPSA) is 55.4 Å². The Bertz CT molecular complexity index is 694. The summed E-state index contributed by atoms with van der Waals surface area (Å²) in [5, 5.41) is 0. The molecular weight excluding hydrogens is 336 g/mol. The van der Waals surface area contributed by atoms with Gasteiger partial charge in [0.2, 0.25) is 0 Å². The highest BCUT2D eigenvalue weighted by atomic mass is 16.6. The molecule has 6 nitrogen and oxygen atoms in total. The molecule has 0 aromatic heterocycles. The van der Waals surface area contributed by atoms with Gasteiger partial charge in [0.15, 0.2) is 23.0 Å². The van der Waals surface area contributed by atoms with E-state index < -0.39 is 5.60 Å². The highest BCUT2D eigenvalue weighted by Gasteiger charge is 2.39. The van der Waals surface area contributed by atoms with Crippen LogP contribution in [0.25, 0.3) is 0 Å². The Kier molecular flexibility index (Phi) is 5.54. The van der Waals surface area contributed by atoms with Crippen molar-refractivity contribution in [3.63, 3.8) is 0 Å². The largest absolute Gasteiger partial charge is 0.493 e. The van der Waals surface area contributed by atoms with Gasteiger partial charge in [0, 0.05) is 0 Å². The summed E-state index contributed by atoms with van der Waals surface area (Å²) in [7, 11) is 6.45. The second-order valence-corrected chi connectivity index (χ2v) is 5.87. The highest BCUT2D eigenvalue weighted by molar-refractivity contribution is 5.51. The van der Waals surface area contributed by atoms with Gasteiger partial charge in [-0.25, -0.2) is 0 Å². The van der Waals surface area contributed by atoms with Gasteiger partial charge in [0.05, 0.1) is 48.3 Å². The van der Waals surface area contributed by atoms with Crippen LogP contribution in [-0.4, -0.2) is 48.3 Å². The second-order valence-electron chi connectivity index (χ2n) is 5.87. The molecule has 0 aliphatic carbocycles. The molecule has 0 bridgehead atoms. The highest BCUT2D eigenvalue weighted by Crippen LogP contribution is 2.42. The molecule has 1 saturated heterocycles. The van der Waals surface area contributed by atoms with Crippen LogP contribution < -0.4 is 18.9 Å². The predicted molar refractivity (Wildman–Crippen MR) is 96.6 cm³/mol. The molecule has 0 saturated carbocycles. The Morgan fingerprint density at radius 3 is 1.58 bits per heavy atom. The van der Waals surface area contributed by atoms with Gasteiger partial charge in [0.25, 0.3) is 0 Å². The SMILES string of the molecule is COc1ccc(C2(c3ccc(OC)c(OC)c3)COCCO2)cc1OC. The molecule has 0 amide bonds. The Hall–Kier alpha value is -2.44. The molecule has 26 heavy (non-hydrogen) atoms. The van der Waals surface area contributed by atoms with E-state index in [0.717, 1.165) is 11.1 Å². The normalized spacial score (nSPS) is 16.0. The molecule has 1 fully saturated rings. The van der Waals surface area contributed by atoms with Crippen molar-refractivity contribution in [2.75, 3.05) is 48.3 Å². The van der Waals surface area contributed by atoms with E-state index in [4.69, 9.17) is 28.4 Å². The molecule has 2 aromatic rings. The molecule has 0 spiro atoms. The van der Waals surface area contributed by atoms with E-state index in [-0.39, 0.29) is 0 Å². The van der Waals surface area contributed by atoms with Crippen molar-refractivity contribution < 1.29 is 28.4 Å². The molecule has 1 aliphatic heterocycles. The summed E-state index contributed by atoms with van der Waals surface area (Å²) in [4.78, 5) is 0. The minimum absolute atomic E-state index is 0.387. The van der Waals surface area contributed by atoms with E-state index in [9.17, 15) is 0 Å². The monoisotopic (exact) mass is 360 g/mol. The molecule has 2 aromatic carbocycles. The van der Waals surface area contributed by atoms with Crippen molar-refractivity contribution in [2.24, 2.45) is 0 Å². The van der Waals surface area contributed by atoms with Crippen LogP contribution in [0.2, 0.25) is 0 Å². The number of methoxy groups -OCH3 is 4. The van der Waals surface area contributed by atoms with Crippen LogP contribution in [0.15, 0.2) is 36.4 Å². The molecular formula is C20H24O6. The summed E-state index contributed by atoms with van der Waals surface area (Å²) in [5.41, 5.74) is 1.07. The van der Waals surface area contributed by atoms with Crippen LogP contribution in [0.5, 0.6) is 23.0 Å². The van der Waals surface area contributed by atoms with Gasteiger partial charge in [-0.1, -0.05) is 12.1 Å². The van der Waals surface area contributed by atoms with Gasteiger partial charge in [-0.05, 0) is 35.4 Å². The number of hydrogen-bond acceptors (Lipinski definition) is 6. The zero-order chi connectivity index (χ0) is 18.6. The lowest BCUT2D eigenvalue weighted by atomic mass is 9.85. The number of benzene rings is 2. The van der Waals surface area contributed by atoms with Crippen molar-refractivity contribution in [3.8, 4) is 23.0 Å². The van der Waals surface area contributed by atoms with Crippen LogP contribution >= 0.6 is 0 Å². The van der Waals surface area contributed by atoms with Crippen LogP contribution in [0.1, 0.15) is 11.1 Å². The van der Waals surface area contributed by atoms with Crippen molar-refractivity contribution in [2.45, 2.75) is 5.60 Å². The molecule has 0 atom stereocenters. The zero-order valence-electron chi connectivity index (χ0n) is 15.5. The van der Waals surface area contributed by atoms with Crippen LogP contribution in [0.4, 0.5) is 0 Å². The second kappa shape index (κ2) is 7.85. The molecule has 0 N–H and O–H groups in total. The van der Waals surface area contributed by atoms with Crippen molar-refractivity contribution in [1.29, 1.82) is 0 Å². The first kappa shape index (κ1) is 18.4. The van der Waals surface area contributed by atoms with Gasteiger partial charge < -0.3 is 28.4 Å². The van der Waals surface area contributed by atoms with E-state index in [1.165, 1.54) is 0 Å². The van der Waals surface area contributed by atoms with Crippen molar-refractivity contribution >= 4 is 0 Å². The maximum atomic E-state index is 6.27. The summed E-state index contributed by atoms with van der Waals surface area (Å²) in [6.45, 7) is 1.43. The summed E-state index contributed by atoms with van der Waals surface area (Å²) in [5.74, 6) is 2.60. The minimum atomic E-state index is -0.767. The van der Waals surface area contributed by atoms with Crippen LogP contribution in [-0.2, 0) is 15.1 Å². The molecule has 0 unspecified atom stereocenters. The van der Waals surface area contributed by atoms with Gasteiger partial charge in [-0.2, -0.15) is 0 Å². The first-order chi connectivity index (χ1) is 12.7. The molecule has 1 aliphatic rings. The Morgan fingerprint density at radius 2 is 1.19 bits per heavy atom. The van der Waals surface area contributed by atoms with Crippen molar-refractivity contribution in [3.05, 3.63) is 47.5 Å². The fourth-order valence-electron chi connectivity index (χ4n) is 3.21. The maximum absolute atomic E-state index is 6.27. The molecule has 140 valence electrons. The van der Waals surface area contributed by atoms with Gasteiger partial charge in [-0.15, -0.1) is 0 Å². The lowest BCUT2D eigenvalue weighted by molar-refractivity contribution is -0.140. The molecule has 6 heteroatoms. The fraction of sp³-hybridized carbons (Fsp3) is 0.400. The third kappa shape index (κ3) is 3.18. The summed E-state index contributed by atoms with van der Waals surface area (Å²) in [6, 6.07) is 11.5. The number of hydrogen-bond donors (Lipinski definition) is 0. The first-order valence-corrected chi connectivity index (χ1v) is 8.35. The quantitative estimate of drug-likeness (QED) is 0.789. The Labute approximate surface area is 153 Å². The number of ether oxygens (including phenoxy) is 6. The van der Waals surface area contributed by atoms with Gasteiger partial charge in [-0.3, -0.25) is 0 Å². The average Bonchev–Trinajstić information content (AvgIpc) is 2.73. The van der Waals surface area contributed by atoms with Gasteiger partial charge >= 0.3 is 0 Å². The maximum Gasteiger partial charge on any atom is 0.161 e. The van der Waals surface area contributed by atoms with Crippen LogP contribution in [0.3, 0.4) is 0 Å². The van der Waals surface area contributed by atoms with E-state index in [2.05, 4.69) is 0 Å². The first-order valence-electron chi connectivity index (χ1n) is 8.35. The third-order valence-corrected chi connectivity index (χ3v) is 4.58. The van der Waals surface area contributed by atoms with Crippen LogP contribution in [0, 0.1) is 0 Å². The Morgan fingerprint density at radius 1 is 0.692 bits per heavy atom. The van der Waals surface area contributed by atoms with E-state index in [0.29, 0.717) is 42.8 Å². The van der Waals surface area contributed by atoms with E-state index in [1.807, 2.05) is 36.4 Å². The average molecular weight is 360 g/mol.